The van der Waals surface area contributed by atoms with Gasteiger partial charge in [-0.05, 0) is 12.1 Å². The Balaban J connectivity index is 1.70. The number of hydrogen-bond acceptors (Lipinski definition) is 5. The molecule has 1 aromatic rings. The van der Waals surface area contributed by atoms with E-state index in [2.05, 4.69) is 10.6 Å². The Bertz CT molecular complexity index is 513. The van der Waals surface area contributed by atoms with Crippen LogP contribution in [0.15, 0.2) is 22.8 Å². The zero-order chi connectivity index (χ0) is 15.2. The first-order chi connectivity index (χ1) is 10.1. The van der Waals surface area contributed by atoms with Crippen LogP contribution in [0.3, 0.4) is 0 Å². The molecule has 3 N–H and O–H groups in total. The van der Waals surface area contributed by atoms with Crippen molar-refractivity contribution in [1.82, 2.24) is 10.6 Å². The van der Waals surface area contributed by atoms with Crippen molar-refractivity contribution in [3.63, 3.8) is 0 Å². The van der Waals surface area contributed by atoms with Crippen molar-refractivity contribution in [1.29, 1.82) is 0 Å². The lowest BCUT2D eigenvalue weighted by Crippen LogP contribution is -2.43. The maximum absolute atomic E-state index is 11.7. The first-order valence-electron chi connectivity index (χ1n) is 6.49. The average Bonchev–Trinajstić information content (AvgIpc) is 3.09. The first-order valence-corrected chi connectivity index (χ1v) is 6.49. The van der Waals surface area contributed by atoms with E-state index in [1.165, 1.54) is 12.3 Å². The summed E-state index contributed by atoms with van der Waals surface area (Å²) in [5.41, 5.74) is 0. The molecule has 0 saturated carbocycles. The summed E-state index contributed by atoms with van der Waals surface area (Å²) in [6, 6.07) is 2.58. The molecule has 0 aromatic carbocycles. The normalized spacial score (nSPS) is 21.0. The van der Waals surface area contributed by atoms with Crippen LogP contribution in [-0.4, -0.2) is 48.7 Å². The van der Waals surface area contributed by atoms with Crippen LogP contribution in [0.1, 0.15) is 17.0 Å². The summed E-state index contributed by atoms with van der Waals surface area (Å²) >= 11 is 0. The molecule has 2 heterocycles. The number of nitrogens with one attached hydrogen (secondary N) is 2. The molecule has 0 spiro atoms. The molecule has 0 radical (unpaired) electrons. The van der Waals surface area contributed by atoms with E-state index in [1.54, 1.807) is 6.07 Å². The van der Waals surface area contributed by atoms with Crippen LogP contribution >= 0.6 is 0 Å². The number of aliphatic carboxylic acids is 1. The monoisotopic (exact) mass is 296 g/mol. The first kappa shape index (κ1) is 15.0. The predicted molar refractivity (Wildman–Crippen MR) is 69.5 cm³/mol. The number of carboxylic acid groups (broad SMARTS) is 1. The molecule has 2 unspecified atom stereocenters. The van der Waals surface area contributed by atoms with Crippen molar-refractivity contribution >= 4 is 17.8 Å². The zero-order valence-corrected chi connectivity index (χ0v) is 11.2. The highest BCUT2D eigenvalue weighted by atomic mass is 16.5. The van der Waals surface area contributed by atoms with Crippen LogP contribution in [0, 0.1) is 5.92 Å². The SMILES string of the molecule is O=C(CCNC(=O)c1ccco1)NC1COCC1C(=O)O. The van der Waals surface area contributed by atoms with Crippen molar-refractivity contribution in [2.24, 2.45) is 5.92 Å². The van der Waals surface area contributed by atoms with E-state index in [4.69, 9.17) is 14.3 Å². The Labute approximate surface area is 120 Å². The van der Waals surface area contributed by atoms with Crippen molar-refractivity contribution < 1.29 is 28.6 Å². The Hall–Kier alpha value is -2.35. The molecule has 2 atom stereocenters. The number of ether oxygens (including phenoxy) is 1. The number of carbonyl (C=O) groups excluding carboxylic acids is 2. The van der Waals surface area contributed by atoms with Gasteiger partial charge in [-0.2, -0.15) is 0 Å². The van der Waals surface area contributed by atoms with E-state index in [0.717, 1.165) is 0 Å². The topological polar surface area (TPSA) is 118 Å². The van der Waals surface area contributed by atoms with E-state index in [0.29, 0.717) is 0 Å². The number of rotatable bonds is 6. The van der Waals surface area contributed by atoms with Crippen LogP contribution in [0.2, 0.25) is 0 Å². The van der Waals surface area contributed by atoms with Gasteiger partial charge in [0.25, 0.3) is 5.91 Å². The summed E-state index contributed by atoms with van der Waals surface area (Å²) in [6.07, 6.45) is 1.43. The maximum Gasteiger partial charge on any atom is 0.311 e. The van der Waals surface area contributed by atoms with Gasteiger partial charge >= 0.3 is 5.97 Å². The van der Waals surface area contributed by atoms with Crippen LogP contribution in [0.25, 0.3) is 0 Å². The molecule has 1 fully saturated rings. The molecular formula is C13H16N2O6. The van der Waals surface area contributed by atoms with Gasteiger partial charge in [0.05, 0.1) is 25.5 Å². The van der Waals surface area contributed by atoms with Gasteiger partial charge in [-0.3, -0.25) is 14.4 Å². The van der Waals surface area contributed by atoms with Gasteiger partial charge in [0.2, 0.25) is 5.91 Å². The minimum atomic E-state index is -0.996. The third kappa shape index (κ3) is 4.06. The van der Waals surface area contributed by atoms with Gasteiger partial charge < -0.3 is 24.9 Å². The Kier molecular flexibility index (Phi) is 4.94. The summed E-state index contributed by atoms with van der Waals surface area (Å²) in [5.74, 6) is -2.29. The smallest absolute Gasteiger partial charge is 0.311 e. The number of hydrogen-bond donors (Lipinski definition) is 3. The second-order valence-corrected chi connectivity index (χ2v) is 4.64. The third-order valence-electron chi connectivity index (χ3n) is 3.13. The number of furan rings is 1. The molecule has 1 saturated heterocycles. The van der Waals surface area contributed by atoms with E-state index >= 15 is 0 Å². The molecule has 2 rings (SSSR count). The summed E-state index contributed by atoms with van der Waals surface area (Å²) in [5, 5.41) is 14.1. The quantitative estimate of drug-likeness (QED) is 0.658. The van der Waals surface area contributed by atoms with Gasteiger partial charge in [0, 0.05) is 13.0 Å². The Morgan fingerprint density at radius 3 is 2.81 bits per heavy atom. The second-order valence-electron chi connectivity index (χ2n) is 4.64. The highest BCUT2D eigenvalue weighted by Crippen LogP contribution is 2.13. The lowest BCUT2D eigenvalue weighted by atomic mass is 10.0. The fourth-order valence-corrected chi connectivity index (χ4v) is 2.00. The lowest BCUT2D eigenvalue weighted by molar-refractivity contribution is -0.142. The van der Waals surface area contributed by atoms with Crippen LogP contribution < -0.4 is 10.6 Å². The van der Waals surface area contributed by atoms with E-state index in [1.807, 2.05) is 0 Å². The summed E-state index contributed by atoms with van der Waals surface area (Å²) in [6.45, 7) is 0.410. The molecule has 1 aliphatic rings. The van der Waals surface area contributed by atoms with Crippen LogP contribution in [0.4, 0.5) is 0 Å². The predicted octanol–water partition coefficient (Wildman–Crippen LogP) is -0.385. The van der Waals surface area contributed by atoms with Crippen molar-refractivity contribution in [2.45, 2.75) is 12.5 Å². The van der Waals surface area contributed by atoms with E-state index in [9.17, 15) is 14.4 Å². The summed E-state index contributed by atoms with van der Waals surface area (Å²) in [4.78, 5) is 34.2. The maximum atomic E-state index is 11.7. The molecule has 0 bridgehead atoms. The molecule has 2 amide bonds. The fourth-order valence-electron chi connectivity index (χ4n) is 2.00. The van der Waals surface area contributed by atoms with Gasteiger partial charge in [-0.25, -0.2) is 0 Å². The minimum absolute atomic E-state index is 0.0509. The van der Waals surface area contributed by atoms with Gasteiger partial charge in [-0.1, -0.05) is 0 Å². The lowest BCUT2D eigenvalue weighted by Gasteiger charge is -2.15. The molecular weight excluding hydrogens is 280 g/mol. The Morgan fingerprint density at radius 2 is 2.14 bits per heavy atom. The zero-order valence-electron chi connectivity index (χ0n) is 11.2. The fraction of sp³-hybridized carbons (Fsp3) is 0.462. The number of amides is 2. The largest absolute Gasteiger partial charge is 0.481 e. The number of carboxylic acids is 1. The van der Waals surface area contributed by atoms with Crippen LogP contribution in [-0.2, 0) is 14.3 Å². The van der Waals surface area contributed by atoms with Crippen molar-refractivity contribution in [2.75, 3.05) is 19.8 Å². The summed E-state index contributed by atoms with van der Waals surface area (Å²) < 4.78 is 9.95. The molecule has 0 aliphatic carbocycles. The highest BCUT2D eigenvalue weighted by Gasteiger charge is 2.34. The molecule has 1 aromatic heterocycles. The van der Waals surface area contributed by atoms with E-state index < -0.39 is 23.8 Å². The highest BCUT2D eigenvalue weighted by molar-refractivity contribution is 5.91. The standard InChI is InChI=1S/C13H16N2O6/c16-11(15-9-7-20-6-8(9)13(18)19)3-4-14-12(17)10-2-1-5-21-10/h1-2,5,8-9H,3-4,6-7H2,(H,14,17)(H,15,16)(H,18,19). The van der Waals surface area contributed by atoms with Gasteiger partial charge in [0.15, 0.2) is 5.76 Å². The molecule has 21 heavy (non-hydrogen) atoms. The molecule has 8 heteroatoms. The summed E-state index contributed by atoms with van der Waals surface area (Å²) in [7, 11) is 0. The van der Waals surface area contributed by atoms with Crippen molar-refractivity contribution in [3.8, 4) is 0 Å². The minimum Gasteiger partial charge on any atom is -0.481 e. The van der Waals surface area contributed by atoms with E-state index in [-0.39, 0.29) is 37.8 Å². The third-order valence-corrected chi connectivity index (χ3v) is 3.13. The molecule has 1 aliphatic heterocycles. The Morgan fingerprint density at radius 1 is 1.33 bits per heavy atom. The molecule has 8 nitrogen and oxygen atoms in total. The number of carbonyl (C=O) groups is 3. The van der Waals surface area contributed by atoms with Gasteiger partial charge in [0.1, 0.15) is 5.92 Å². The van der Waals surface area contributed by atoms with Gasteiger partial charge in [-0.15, -0.1) is 0 Å². The second kappa shape index (κ2) is 6.89. The molecule has 114 valence electrons. The average molecular weight is 296 g/mol. The van der Waals surface area contributed by atoms with Crippen molar-refractivity contribution in [3.05, 3.63) is 24.2 Å². The van der Waals surface area contributed by atoms with Crippen LogP contribution in [0.5, 0.6) is 0 Å².